The summed E-state index contributed by atoms with van der Waals surface area (Å²) in [6.45, 7) is 11.3. The van der Waals surface area contributed by atoms with Crippen LogP contribution in [0, 0.1) is 0 Å². The van der Waals surface area contributed by atoms with Gasteiger partial charge in [-0.2, -0.15) is 0 Å². The van der Waals surface area contributed by atoms with Crippen molar-refractivity contribution < 1.29 is 98.4 Å². The molecule has 14 heteroatoms. The average Bonchev–Trinajstić information content (AvgIpc) is 2.64. The standard InChI is InChI=1S/2C6H15NO.3C5H12NO.4ClH/c2*1-4-6(8)5-7(2)3;3*1-6(2)3-5(7)4-6;;;;/h2*6,8H,4-5H2,1-3H3;3*5,7H,3-4H2,1-2H3;4*1H/q;;3*+1;;;;/p-2. The highest BCUT2D eigenvalue weighted by Gasteiger charge is 2.35. The molecule has 3 aliphatic rings. The molecule has 41 heavy (non-hydrogen) atoms. The summed E-state index contributed by atoms with van der Waals surface area (Å²) in [5.41, 5.74) is 0. The molecule has 258 valence electrons. The zero-order valence-electron chi connectivity index (χ0n) is 28.0. The maximum absolute atomic E-state index is 9.01. The van der Waals surface area contributed by atoms with Gasteiger partial charge in [0.25, 0.3) is 0 Å². The van der Waals surface area contributed by atoms with Crippen LogP contribution in [0.2, 0.25) is 0 Å². The van der Waals surface area contributed by atoms with Gasteiger partial charge in [-0.1, -0.05) is 13.8 Å². The van der Waals surface area contributed by atoms with Crippen molar-refractivity contribution in [2.45, 2.75) is 57.2 Å². The van der Waals surface area contributed by atoms with E-state index in [9.17, 15) is 0 Å². The first-order chi connectivity index (χ1) is 16.6. The quantitative estimate of drug-likeness (QED) is 0.141. The lowest BCUT2D eigenvalue weighted by atomic mass is 10.1. The fourth-order valence-corrected chi connectivity index (χ4v) is 4.49. The smallest absolute Gasteiger partial charge is 0.152 e. The molecule has 0 aromatic rings. The Kier molecular flexibility index (Phi) is 34.4. The molecule has 3 saturated heterocycles. The van der Waals surface area contributed by atoms with Gasteiger partial charge in [-0.25, -0.2) is 0 Å². The van der Waals surface area contributed by atoms with E-state index in [1.807, 2.05) is 42.0 Å². The van der Waals surface area contributed by atoms with Gasteiger partial charge in [0.15, 0.2) is 18.3 Å². The SMILES string of the molecule is CCC(O)C[NH+](C)C.CCC(O)C[NH+](C)C.C[N+]1(C)CC(O)C1.C[N+]1(C)CC(O)C1.C[N+]1(C)CC(O)C1.[Cl-].[Cl-].[Cl-].[Cl-]. The van der Waals surface area contributed by atoms with Crippen LogP contribution >= 0.6 is 0 Å². The van der Waals surface area contributed by atoms with Crippen molar-refractivity contribution in [3.63, 3.8) is 0 Å². The van der Waals surface area contributed by atoms with Gasteiger partial charge in [0.05, 0.1) is 70.5 Å². The van der Waals surface area contributed by atoms with Gasteiger partial charge in [-0.15, -0.1) is 0 Å². The van der Waals surface area contributed by atoms with Crippen LogP contribution in [0.15, 0.2) is 0 Å². The molecular weight excluding hydrogens is 616 g/mol. The summed E-state index contributed by atoms with van der Waals surface area (Å²) in [7, 11) is 20.9. The Labute approximate surface area is 277 Å². The van der Waals surface area contributed by atoms with Crippen LogP contribution in [-0.2, 0) is 0 Å². The number of nitrogens with one attached hydrogen (secondary N) is 2. The molecule has 0 aromatic heterocycles. The third-order valence-corrected chi connectivity index (χ3v) is 6.46. The Morgan fingerprint density at radius 1 is 0.512 bits per heavy atom. The van der Waals surface area contributed by atoms with Gasteiger partial charge in [0.1, 0.15) is 64.6 Å². The average molecular weight is 685 g/mol. The van der Waals surface area contributed by atoms with Crippen LogP contribution in [-0.4, -0.2) is 192 Å². The van der Waals surface area contributed by atoms with E-state index < -0.39 is 0 Å². The number of quaternary nitrogens is 5. The lowest BCUT2D eigenvalue weighted by Crippen LogP contribution is -3.07. The number of hydrogen-bond donors (Lipinski definition) is 7. The van der Waals surface area contributed by atoms with Gasteiger partial charge in [0, 0.05) is 0 Å². The normalized spacial score (nSPS) is 20.9. The van der Waals surface area contributed by atoms with Gasteiger partial charge >= 0.3 is 0 Å². The molecule has 0 saturated carbocycles. The molecule has 3 rings (SSSR count). The first-order valence-corrected chi connectivity index (χ1v) is 14.1. The Morgan fingerprint density at radius 2 is 0.683 bits per heavy atom. The minimum atomic E-state index is -0.111. The summed E-state index contributed by atoms with van der Waals surface area (Å²) in [5.74, 6) is 0. The van der Waals surface area contributed by atoms with E-state index in [-0.39, 0.29) is 80.1 Å². The van der Waals surface area contributed by atoms with Crippen LogP contribution in [0.25, 0.3) is 0 Å². The van der Waals surface area contributed by atoms with Gasteiger partial charge in [0.2, 0.25) is 0 Å². The fraction of sp³-hybridized carbons (Fsp3) is 1.00. The number of likely N-dealkylation sites (tertiary alicyclic amines) is 3. The number of nitrogens with zero attached hydrogens (tertiary/aromatic N) is 3. The lowest BCUT2D eigenvalue weighted by Gasteiger charge is -2.41. The Morgan fingerprint density at radius 3 is 0.707 bits per heavy atom. The van der Waals surface area contributed by atoms with E-state index in [2.05, 4.69) is 42.3 Å². The molecule has 0 radical (unpaired) electrons. The highest BCUT2D eigenvalue weighted by molar-refractivity contribution is 4.62. The summed E-state index contributed by atoms with van der Waals surface area (Å²) in [6, 6.07) is 0. The van der Waals surface area contributed by atoms with Crippen molar-refractivity contribution in [1.82, 2.24) is 0 Å². The Hall–Kier alpha value is 0.760. The summed E-state index contributed by atoms with van der Waals surface area (Å²) in [6.07, 6.45) is 1.45. The minimum absolute atomic E-state index is 0. The second-order valence-electron chi connectivity index (χ2n) is 13.8. The summed E-state index contributed by atoms with van der Waals surface area (Å²) in [4.78, 5) is 2.61. The van der Waals surface area contributed by atoms with E-state index in [1.165, 1.54) is 9.80 Å². The third kappa shape index (κ3) is 33.5. The predicted octanol–water partition coefficient (Wildman–Crippen LogP) is -15.9. The first kappa shape index (κ1) is 54.3. The zero-order valence-corrected chi connectivity index (χ0v) is 31.1. The fourth-order valence-electron chi connectivity index (χ4n) is 4.49. The number of hydrogen-bond acceptors (Lipinski definition) is 5. The Bertz CT molecular complexity index is 502. The van der Waals surface area contributed by atoms with Crippen LogP contribution in [0.3, 0.4) is 0 Å². The van der Waals surface area contributed by atoms with Gasteiger partial charge in [-0.3, -0.25) is 0 Å². The molecule has 0 spiro atoms. The molecule has 0 amide bonds. The largest absolute Gasteiger partial charge is 1.00 e. The monoisotopic (exact) mass is 682 g/mol. The molecular formula is C27H68Cl4N5O5+. The number of aliphatic hydroxyl groups excluding tert-OH is 5. The summed E-state index contributed by atoms with van der Waals surface area (Å²) in [5, 5.41) is 44.3. The molecule has 0 bridgehead atoms. The first-order valence-electron chi connectivity index (χ1n) is 14.1. The number of aliphatic hydroxyl groups is 5. The molecule has 7 N–H and O–H groups in total. The molecule has 3 heterocycles. The molecule has 2 atom stereocenters. The van der Waals surface area contributed by atoms with E-state index >= 15 is 0 Å². The second kappa shape index (κ2) is 26.0. The minimum Gasteiger partial charge on any atom is -1.00 e. The molecule has 3 fully saturated rings. The van der Waals surface area contributed by atoms with Crippen molar-refractivity contribution in [2.24, 2.45) is 0 Å². The van der Waals surface area contributed by atoms with Crippen molar-refractivity contribution in [2.75, 3.05) is 123 Å². The van der Waals surface area contributed by atoms with Crippen molar-refractivity contribution in [3.8, 4) is 0 Å². The molecule has 3 aliphatic heterocycles. The van der Waals surface area contributed by atoms with E-state index in [1.54, 1.807) is 0 Å². The topological polar surface area (TPSA) is 110 Å². The maximum atomic E-state index is 9.01. The molecule has 2 unspecified atom stereocenters. The summed E-state index contributed by atoms with van der Waals surface area (Å²) < 4.78 is 2.96. The zero-order chi connectivity index (χ0) is 29.6. The predicted molar refractivity (Wildman–Crippen MR) is 151 cm³/mol. The lowest BCUT2D eigenvalue weighted by molar-refractivity contribution is -0.937. The highest BCUT2D eigenvalue weighted by Crippen LogP contribution is 2.13. The number of rotatable bonds is 6. The second-order valence-corrected chi connectivity index (χ2v) is 13.8. The van der Waals surface area contributed by atoms with Gasteiger partial charge < -0.3 is 98.4 Å². The van der Waals surface area contributed by atoms with Crippen LogP contribution < -0.4 is 59.4 Å². The molecule has 0 aliphatic carbocycles. The van der Waals surface area contributed by atoms with Crippen LogP contribution in [0.5, 0.6) is 0 Å². The van der Waals surface area contributed by atoms with Crippen LogP contribution in [0.1, 0.15) is 26.7 Å². The van der Waals surface area contributed by atoms with Crippen molar-refractivity contribution in [3.05, 3.63) is 0 Å². The number of halogens is 4. The maximum Gasteiger partial charge on any atom is 0.152 e. The van der Waals surface area contributed by atoms with Crippen LogP contribution in [0.4, 0.5) is 0 Å². The van der Waals surface area contributed by atoms with Crippen molar-refractivity contribution in [1.29, 1.82) is 0 Å². The third-order valence-electron chi connectivity index (χ3n) is 6.46. The molecule has 10 nitrogen and oxygen atoms in total. The van der Waals surface area contributed by atoms with Gasteiger partial charge in [-0.05, 0) is 12.8 Å². The highest BCUT2D eigenvalue weighted by atomic mass is 35.5. The van der Waals surface area contributed by atoms with Crippen molar-refractivity contribution >= 4 is 0 Å². The Balaban J connectivity index is -0.0000000912. The number of likely N-dealkylation sites (N-methyl/N-ethyl adjacent to an activating group) is 5. The van der Waals surface area contributed by atoms with E-state index in [0.29, 0.717) is 0 Å². The summed E-state index contributed by atoms with van der Waals surface area (Å²) >= 11 is 0. The van der Waals surface area contributed by atoms with E-state index in [0.717, 1.165) is 78.6 Å². The molecule has 0 aromatic carbocycles. The van der Waals surface area contributed by atoms with E-state index in [4.69, 9.17) is 25.5 Å².